The summed E-state index contributed by atoms with van der Waals surface area (Å²) in [6.45, 7) is 3.83. The topological polar surface area (TPSA) is 17.1 Å². The fourth-order valence-corrected chi connectivity index (χ4v) is 2.64. The summed E-state index contributed by atoms with van der Waals surface area (Å²) in [4.78, 5) is 0. The van der Waals surface area contributed by atoms with Crippen LogP contribution in [0.15, 0.2) is 23.5 Å². The van der Waals surface area contributed by atoms with Gasteiger partial charge in [-0.1, -0.05) is 17.7 Å². The lowest BCUT2D eigenvalue weighted by Gasteiger charge is -2.10. The Kier molecular flexibility index (Phi) is 1.63. The van der Waals surface area contributed by atoms with Gasteiger partial charge in [0.15, 0.2) is 0 Å². The molecule has 9 heavy (non-hydrogen) atoms. The molecule has 0 N–H and O–H groups in total. The molecule has 0 saturated heterocycles. The molecule has 0 saturated carbocycles. The number of rotatable bonds is 0. The Balaban J connectivity index is 2.86. The van der Waals surface area contributed by atoms with Gasteiger partial charge in [-0.15, -0.1) is 0 Å². The van der Waals surface area contributed by atoms with Crippen LogP contribution in [0.2, 0.25) is 0 Å². The summed E-state index contributed by atoms with van der Waals surface area (Å²) >= 11 is 0. The Hall–Kier alpha value is -0.290. The molecule has 0 spiro atoms. The average Bonchev–Trinajstić information content (AvgIpc) is 1.60. The highest BCUT2D eigenvalue weighted by Crippen LogP contribution is 2.46. The molecule has 1 rings (SSSR count). The zero-order valence-electron chi connectivity index (χ0n) is 5.79. The summed E-state index contributed by atoms with van der Waals surface area (Å²) in [7, 11) is -1.89. The Morgan fingerprint density at radius 1 is 1.67 bits per heavy atom. The van der Waals surface area contributed by atoms with Crippen LogP contribution in [0.1, 0.15) is 6.92 Å². The van der Waals surface area contributed by atoms with Crippen molar-refractivity contribution in [3.05, 3.63) is 23.5 Å². The van der Waals surface area contributed by atoms with E-state index in [1.165, 1.54) is 5.57 Å². The van der Waals surface area contributed by atoms with E-state index in [2.05, 4.69) is 0 Å². The Bertz CT molecular complexity index is 213. The quantitative estimate of drug-likeness (QED) is 0.475. The summed E-state index contributed by atoms with van der Waals surface area (Å²) in [5.41, 5.74) is 1.23. The van der Waals surface area contributed by atoms with Crippen molar-refractivity contribution in [1.82, 2.24) is 0 Å². The van der Waals surface area contributed by atoms with Crippen LogP contribution in [0, 0.1) is 0 Å². The molecule has 0 aliphatic carbocycles. The molecular formula is C7H11OP. The van der Waals surface area contributed by atoms with Crippen molar-refractivity contribution >= 4 is 7.14 Å². The summed E-state index contributed by atoms with van der Waals surface area (Å²) in [5, 5.41) is 0. The van der Waals surface area contributed by atoms with Gasteiger partial charge in [-0.25, -0.2) is 0 Å². The molecule has 0 aromatic rings. The number of hydrogen-bond acceptors (Lipinski definition) is 1. The predicted molar refractivity (Wildman–Crippen MR) is 41.3 cm³/mol. The second kappa shape index (κ2) is 2.15. The molecule has 2 heteroatoms. The minimum absolute atomic E-state index is 0.767. The number of allylic oxidation sites excluding steroid dienone is 3. The summed E-state index contributed by atoms with van der Waals surface area (Å²) in [6.07, 6.45) is 4.67. The van der Waals surface area contributed by atoms with Crippen LogP contribution in [0.5, 0.6) is 0 Å². The molecule has 0 bridgehead atoms. The SMILES string of the molecule is CC1=CC=CP(C)(=O)C1. The lowest BCUT2D eigenvalue weighted by atomic mass is 10.3. The molecule has 1 heterocycles. The molecule has 0 radical (unpaired) electrons. The second-order valence-corrected chi connectivity index (χ2v) is 5.65. The van der Waals surface area contributed by atoms with E-state index in [4.69, 9.17) is 0 Å². The predicted octanol–water partition coefficient (Wildman–Crippen LogP) is 2.45. The first-order valence-corrected chi connectivity index (χ1v) is 5.42. The fourth-order valence-electron chi connectivity index (χ4n) is 0.990. The first-order valence-electron chi connectivity index (χ1n) is 3.01. The Morgan fingerprint density at radius 3 is 2.67 bits per heavy atom. The van der Waals surface area contributed by atoms with Crippen molar-refractivity contribution < 1.29 is 4.57 Å². The highest BCUT2D eigenvalue weighted by Gasteiger charge is 2.12. The molecule has 50 valence electrons. The van der Waals surface area contributed by atoms with Gasteiger partial charge in [-0.2, -0.15) is 0 Å². The Labute approximate surface area is 55.8 Å². The highest BCUT2D eigenvalue weighted by molar-refractivity contribution is 7.66. The lowest BCUT2D eigenvalue weighted by molar-refractivity contribution is 0.585. The van der Waals surface area contributed by atoms with Crippen molar-refractivity contribution in [1.29, 1.82) is 0 Å². The molecule has 1 aliphatic rings. The lowest BCUT2D eigenvalue weighted by Crippen LogP contribution is -1.90. The minimum Gasteiger partial charge on any atom is -0.319 e. The third-order valence-electron chi connectivity index (χ3n) is 1.35. The van der Waals surface area contributed by atoms with Gasteiger partial charge < -0.3 is 4.57 Å². The standard InChI is InChI=1S/C7H11OP/c1-7-4-3-5-9(2,8)6-7/h3-5H,6H2,1-2H3. The molecule has 1 unspecified atom stereocenters. The van der Waals surface area contributed by atoms with Crippen LogP contribution in [0.25, 0.3) is 0 Å². The van der Waals surface area contributed by atoms with Crippen LogP contribution in [0.3, 0.4) is 0 Å². The van der Waals surface area contributed by atoms with Crippen LogP contribution in [0.4, 0.5) is 0 Å². The van der Waals surface area contributed by atoms with E-state index in [1.54, 1.807) is 0 Å². The van der Waals surface area contributed by atoms with Gasteiger partial charge in [0.2, 0.25) is 0 Å². The first kappa shape index (κ1) is 6.82. The zero-order chi connectivity index (χ0) is 6.91. The van der Waals surface area contributed by atoms with Gasteiger partial charge in [-0.05, 0) is 19.4 Å². The van der Waals surface area contributed by atoms with Gasteiger partial charge in [0.1, 0.15) is 7.14 Å². The monoisotopic (exact) mass is 142 g/mol. The largest absolute Gasteiger partial charge is 0.319 e. The van der Waals surface area contributed by atoms with Gasteiger partial charge >= 0.3 is 0 Å². The van der Waals surface area contributed by atoms with Crippen LogP contribution < -0.4 is 0 Å². The molecule has 0 fully saturated rings. The number of hydrogen-bond donors (Lipinski definition) is 0. The van der Waals surface area contributed by atoms with E-state index < -0.39 is 7.14 Å². The Morgan fingerprint density at radius 2 is 2.33 bits per heavy atom. The molecule has 0 aromatic heterocycles. The summed E-state index contributed by atoms with van der Waals surface area (Å²) in [5.74, 6) is 1.82. The van der Waals surface area contributed by atoms with Gasteiger partial charge in [-0.3, -0.25) is 0 Å². The minimum atomic E-state index is -1.89. The second-order valence-electron chi connectivity index (χ2n) is 2.69. The van der Waals surface area contributed by atoms with Crippen molar-refractivity contribution in [2.24, 2.45) is 0 Å². The van der Waals surface area contributed by atoms with E-state index in [9.17, 15) is 4.57 Å². The molecule has 1 nitrogen and oxygen atoms in total. The zero-order valence-corrected chi connectivity index (χ0v) is 6.69. The van der Waals surface area contributed by atoms with Gasteiger partial charge in [0.05, 0.1) is 0 Å². The highest BCUT2D eigenvalue weighted by atomic mass is 31.2. The van der Waals surface area contributed by atoms with Crippen molar-refractivity contribution in [3.8, 4) is 0 Å². The third kappa shape index (κ3) is 1.83. The third-order valence-corrected chi connectivity index (χ3v) is 3.28. The maximum absolute atomic E-state index is 11.3. The molecule has 1 atom stereocenters. The van der Waals surface area contributed by atoms with E-state index >= 15 is 0 Å². The van der Waals surface area contributed by atoms with E-state index in [-0.39, 0.29) is 0 Å². The molecule has 0 amide bonds. The maximum Gasteiger partial charge on any atom is 0.109 e. The first-order chi connectivity index (χ1) is 4.10. The fraction of sp³-hybridized carbons (Fsp3) is 0.429. The van der Waals surface area contributed by atoms with Crippen LogP contribution in [-0.2, 0) is 4.57 Å². The maximum atomic E-state index is 11.3. The van der Waals surface area contributed by atoms with Gasteiger partial charge in [0, 0.05) is 6.16 Å². The molecular weight excluding hydrogens is 131 g/mol. The average molecular weight is 142 g/mol. The van der Waals surface area contributed by atoms with Gasteiger partial charge in [0.25, 0.3) is 0 Å². The van der Waals surface area contributed by atoms with Crippen LogP contribution >= 0.6 is 7.14 Å². The summed E-state index contributed by atoms with van der Waals surface area (Å²) in [6, 6.07) is 0. The van der Waals surface area contributed by atoms with Crippen molar-refractivity contribution in [3.63, 3.8) is 0 Å². The van der Waals surface area contributed by atoms with E-state index in [0.717, 1.165) is 6.16 Å². The molecule has 0 aromatic carbocycles. The summed E-state index contributed by atoms with van der Waals surface area (Å²) < 4.78 is 11.3. The smallest absolute Gasteiger partial charge is 0.109 e. The van der Waals surface area contributed by atoms with E-state index in [1.807, 2.05) is 31.6 Å². The van der Waals surface area contributed by atoms with E-state index in [0.29, 0.717) is 0 Å². The molecule has 1 aliphatic heterocycles. The van der Waals surface area contributed by atoms with Crippen molar-refractivity contribution in [2.75, 3.05) is 12.8 Å². The van der Waals surface area contributed by atoms with Crippen LogP contribution in [-0.4, -0.2) is 12.8 Å². The normalized spacial score (nSPS) is 34.2. The van der Waals surface area contributed by atoms with Crippen molar-refractivity contribution in [2.45, 2.75) is 6.92 Å².